The number of H-pyrrole nitrogens is 1. The van der Waals surface area contributed by atoms with Crippen molar-refractivity contribution in [2.75, 3.05) is 13.1 Å². The summed E-state index contributed by atoms with van der Waals surface area (Å²) in [5.74, 6) is 0.127. The number of halogens is 1. The molecule has 7 nitrogen and oxygen atoms in total. The Morgan fingerprint density at radius 3 is 2.68 bits per heavy atom. The lowest BCUT2D eigenvalue weighted by molar-refractivity contribution is -0.134. The van der Waals surface area contributed by atoms with Gasteiger partial charge in [0.1, 0.15) is 11.6 Å². The summed E-state index contributed by atoms with van der Waals surface area (Å²) >= 11 is 0. The van der Waals surface area contributed by atoms with Gasteiger partial charge in [0.2, 0.25) is 11.8 Å². The number of nitrogens with zero attached hydrogens (tertiary/aromatic N) is 3. The number of aromatic nitrogens is 2. The van der Waals surface area contributed by atoms with Crippen LogP contribution < -0.4 is 5.56 Å². The first-order valence-electron chi connectivity index (χ1n) is 10.9. The Kier molecular flexibility index (Phi) is 6.15. The minimum Gasteiger partial charge on any atom is -0.336 e. The fraction of sp³-hybridized carbons (Fsp3) is 0.478. The van der Waals surface area contributed by atoms with Gasteiger partial charge in [-0.1, -0.05) is 19.1 Å². The molecule has 31 heavy (non-hydrogen) atoms. The van der Waals surface area contributed by atoms with Crippen LogP contribution in [0.3, 0.4) is 0 Å². The first-order chi connectivity index (χ1) is 15.0. The highest BCUT2D eigenvalue weighted by molar-refractivity contribution is 5.79. The van der Waals surface area contributed by atoms with E-state index in [4.69, 9.17) is 4.98 Å². The van der Waals surface area contributed by atoms with Crippen LogP contribution in [0.15, 0.2) is 29.1 Å². The lowest BCUT2D eigenvalue weighted by Gasteiger charge is -2.36. The molecule has 3 heterocycles. The Morgan fingerprint density at radius 2 is 1.94 bits per heavy atom. The Hall–Kier alpha value is -3.03. The monoisotopic (exact) mass is 426 g/mol. The molecule has 2 aliphatic heterocycles. The quantitative estimate of drug-likeness (QED) is 0.814. The summed E-state index contributed by atoms with van der Waals surface area (Å²) in [5, 5.41) is 0. The van der Waals surface area contributed by atoms with Gasteiger partial charge >= 0.3 is 0 Å². The second-order valence-electron chi connectivity index (χ2n) is 8.20. The summed E-state index contributed by atoms with van der Waals surface area (Å²) in [7, 11) is 0. The van der Waals surface area contributed by atoms with Gasteiger partial charge < -0.3 is 14.8 Å². The Balaban J connectivity index is 1.59. The minimum atomic E-state index is -0.335. The Morgan fingerprint density at radius 1 is 1.16 bits per heavy atom. The van der Waals surface area contributed by atoms with Crippen molar-refractivity contribution in [1.29, 1.82) is 0 Å². The normalized spacial score (nSPS) is 18.6. The summed E-state index contributed by atoms with van der Waals surface area (Å²) < 4.78 is 13.2. The maximum absolute atomic E-state index is 13.2. The van der Waals surface area contributed by atoms with Gasteiger partial charge in [0, 0.05) is 25.1 Å². The molecule has 2 aromatic rings. The number of hydrogen-bond acceptors (Lipinski definition) is 4. The third kappa shape index (κ3) is 4.52. The molecule has 1 aromatic heterocycles. The molecule has 0 aliphatic carbocycles. The van der Waals surface area contributed by atoms with Crippen LogP contribution in [-0.2, 0) is 29.0 Å². The zero-order valence-electron chi connectivity index (χ0n) is 17.7. The number of amides is 2. The number of rotatable bonds is 4. The number of fused-ring (bicyclic) bond motifs is 1. The average Bonchev–Trinajstić information content (AvgIpc) is 2.79. The van der Waals surface area contributed by atoms with Crippen LogP contribution in [0.1, 0.15) is 61.3 Å². The number of carbonyl (C=O) groups excluding carboxylic acids is 2. The van der Waals surface area contributed by atoms with Crippen molar-refractivity contribution in [3.05, 3.63) is 63.1 Å². The topological polar surface area (TPSA) is 86.4 Å². The minimum absolute atomic E-state index is 0.0445. The van der Waals surface area contributed by atoms with Gasteiger partial charge in [-0.3, -0.25) is 14.4 Å². The summed E-state index contributed by atoms with van der Waals surface area (Å²) in [6.45, 7) is 3.26. The molecule has 8 heteroatoms. The van der Waals surface area contributed by atoms with E-state index in [2.05, 4.69) is 4.98 Å². The van der Waals surface area contributed by atoms with Crippen LogP contribution in [0.2, 0.25) is 0 Å². The van der Waals surface area contributed by atoms with Gasteiger partial charge in [-0.25, -0.2) is 9.37 Å². The molecule has 1 atom stereocenters. The van der Waals surface area contributed by atoms with Gasteiger partial charge in [0.15, 0.2) is 0 Å². The molecule has 164 valence electrons. The fourth-order valence-corrected chi connectivity index (χ4v) is 4.45. The molecule has 1 saturated heterocycles. The van der Waals surface area contributed by atoms with E-state index in [0.717, 1.165) is 18.4 Å². The van der Waals surface area contributed by atoms with Crippen molar-refractivity contribution in [2.24, 2.45) is 0 Å². The number of carbonyl (C=O) groups is 2. The van der Waals surface area contributed by atoms with Crippen LogP contribution in [0.25, 0.3) is 0 Å². The summed E-state index contributed by atoms with van der Waals surface area (Å²) in [6, 6.07) is 5.62. The number of hydrogen-bond donors (Lipinski definition) is 1. The first kappa shape index (κ1) is 21.2. The van der Waals surface area contributed by atoms with Crippen LogP contribution in [0, 0.1) is 5.82 Å². The molecule has 0 unspecified atom stereocenters. The number of benzene rings is 1. The maximum atomic E-state index is 13.2. The van der Waals surface area contributed by atoms with Crippen LogP contribution in [-0.4, -0.2) is 44.7 Å². The third-order valence-electron chi connectivity index (χ3n) is 6.15. The molecule has 1 aromatic carbocycles. The maximum Gasteiger partial charge on any atom is 0.254 e. The SMILES string of the molecule is CCC(=O)N1CCc2c(nc([C@H]3CCCCN3C(=O)Cc3ccc(F)cc3)[nH]c2=O)C1. The van der Waals surface area contributed by atoms with Crippen molar-refractivity contribution in [2.45, 2.75) is 58.0 Å². The fourth-order valence-electron chi connectivity index (χ4n) is 4.45. The molecule has 0 radical (unpaired) electrons. The third-order valence-corrected chi connectivity index (χ3v) is 6.15. The van der Waals surface area contributed by atoms with Crippen LogP contribution in [0.4, 0.5) is 4.39 Å². The van der Waals surface area contributed by atoms with Gasteiger partial charge in [0.25, 0.3) is 5.56 Å². The van der Waals surface area contributed by atoms with E-state index in [-0.39, 0.29) is 35.7 Å². The standard InChI is InChI=1S/C23H27FN4O3/c1-2-20(29)27-12-10-17-18(14-27)25-22(26-23(17)31)19-5-3-4-11-28(19)21(30)13-15-6-8-16(24)9-7-15/h6-9,19H,2-5,10-14H2,1H3,(H,25,26,31)/t19-/m1/s1. The number of nitrogens with one attached hydrogen (secondary N) is 1. The predicted molar refractivity (Wildman–Crippen MR) is 113 cm³/mol. The van der Waals surface area contributed by atoms with Crippen molar-refractivity contribution in [3.8, 4) is 0 Å². The summed E-state index contributed by atoms with van der Waals surface area (Å²) in [6.07, 6.45) is 3.62. The van der Waals surface area contributed by atoms with Crippen molar-refractivity contribution < 1.29 is 14.0 Å². The predicted octanol–water partition coefficient (Wildman–Crippen LogP) is 2.50. The van der Waals surface area contributed by atoms with Crippen molar-refractivity contribution >= 4 is 11.8 Å². The lowest BCUT2D eigenvalue weighted by Crippen LogP contribution is -2.42. The molecule has 1 fully saturated rings. The second kappa shape index (κ2) is 8.99. The average molecular weight is 426 g/mol. The van der Waals surface area contributed by atoms with E-state index in [9.17, 15) is 18.8 Å². The summed E-state index contributed by atoms with van der Waals surface area (Å²) in [4.78, 5) is 49.0. The molecule has 2 amide bonds. The van der Waals surface area contributed by atoms with E-state index in [1.807, 2.05) is 6.92 Å². The molecule has 0 bridgehead atoms. The highest BCUT2D eigenvalue weighted by atomic mass is 19.1. The van der Waals surface area contributed by atoms with E-state index in [0.29, 0.717) is 56.0 Å². The van der Waals surface area contributed by atoms with Gasteiger partial charge in [-0.15, -0.1) is 0 Å². The lowest BCUT2D eigenvalue weighted by atomic mass is 9.99. The number of aromatic amines is 1. The Bertz CT molecular complexity index is 1030. The van der Waals surface area contributed by atoms with Crippen molar-refractivity contribution in [1.82, 2.24) is 19.8 Å². The summed E-state index contributed by atoms with van der Waals surface area (Å²) in [5.41, 5.74) is 1.82. The number of likely N-dealkylation sites (tertiary alicyclic amines) is 1. The van der Waals surface area contributed by atoms with Gasteiger partial charge in [0.05, 0.1) is 24.7 Å². The van der Waals surface area contributed by atoms with Crippen LogP contribution in [0.5, 0.6) is 0 Å². The first-order valence-corrected chi connectivity index (χ1v) is 10.9. The van der Waals surface area contributed by atoms with Gasteiger partial charge in [-0.05, 0) is 43.4 Å². The molecule has 2 aliphatic rings. The number of piperidine rings is 1. The van der Waals surface area contributed by atoms with E-state index >= 15 is 0 Å². The molecule has 0 saturated carbocycles. The molecule has 0 spiro atoms. The Labute approximate surface area is 180 Å². The van der Waals surface area contributed by atoms with Crippen molar-refractivity contribution in [3.63, 3.8) is 0 Å². The van der Waals surface area contributed by atoms with Crippen LogP contribution >= 0.6 is 0 Å². The largest absolute Gasteiger partial charge is 0.336 e. The molecular formula is C23H27FN4O3. The highest BCUT2D eigenvalue weighted by Gasteiger charge is 2.31. The highest BCUT2D eigenvalue weighted by Crippen LogP contribution is 2.30. The second-order valence-corrected chi connectivity index (χ2v) is 8.20. The van der Waals surface area contributed by atoms with Gasteiger partial charge in [-0.2, -0.15) is 0 Å². The zero-order valence-corrected chi connectivity index (χ0v) is 17.7. The molecule has 4 rings (SSSR count). The molecular weight excluding hydrogens is 399 g/mol. The van der Waals surface area contributed by atoms with E-state index < -0.39 is 0 Å². The zero-order chi connectivity index (χ0) is 22.0. The molecule has 1 N–H and O–H groups in total. The van der Waals surface area contributed by atoms with E-state index in [1.54, 1.807) is 21.9 Å². The van der Waals surface area contributed by atoms with E-state index in [1.165, 1.54) is 12.1 Å². The smallest absolute Gasteiger partial charge is 0.254 e.